The van der Waals surface area contributed by atoms with Gasteiger partial charge in [0, 0.05) is 6.04 Å². The second-order valence-electron chi connectivity index (χ2n) is 5.48. The Kier molecular flexibility index (Phi) is 4.46. The van der Waals surface area contributed by atoms with Crippen LogP contribution in [0.2, 0.25) is 0 Å². The van der Waals surface area contributed by atoms with Crippen molar-refractivity contribution in [2.45, 2.75) is 26.3 Å². The van der Waals surface area contributed by atoms with E-state index in [-0.39, 0.29) is 18.3 Å². The first-order valence-electron chi connectivity index (χ1n) is 5.88. The Morgan fingerprint density at radius 3 is 2.22 bits per heavy atom. The second-order valence-corrected chi connectivity index (χ2v) is 5.48. The Morgan fingerprint density at radius 1 is 1.33 bits per heavy atom. The van der Waals surface area contributed by atoms with E-state index >= 15 is 0 Å². The molecule has 1 aromatic rings. The maximum Gasteiger partial charge on any atom is 0.303 e. The molecule has 0 fully saturated rings. The fourth-order valence-electron chi connectivity index (χ4n) is 2.58. The molecule has 100 valence electrons. The molecule has 0 spiro atoms. The number of aliphatic carboxylic acids is 1. The highest BCUT2D eigenvalue weighted by atomic mass is 19.1. The summed E-state index contributed by atoms with van der Waals surface area (Å²) in [5.74, 6) is -1.11. The summed E-state index contributed by atoms with van der Waals surface area (Å²) in [6.07, 6.45) is 0.0627. The van der Waals surface area contributed by atoms with Crippen LogP contribution in [-0.2, 0) is 4.79 Å². The molecule has 1 aromatic carbocycles. The van der Waals surface area contributed by atoms with Gasteiger partial charge in [-0.2, -0.15) is 0 Å². The van der Waals surface area contributed by atoms with E-state index in [2.05, 4.69) is 0 Å². The maximum atomic E-state index is 13.0. The van der Waals surface area contributed by atoms with Crippen LogP contribution in [0, 0.1) is 11.2 Å². The van der Waals surface area contributed by atoms with Crippen molar-refractivity contribution in [2.24, 2.45) is 5.41 Å². The lowest BCUT2D eigenvalue weighted by molar-refractivity contribution is -0.140. The molecular weight excluding hydrogens is 233 g/mol. The third kappa shape index (κ3) is 3.53. The van der Waals surface area contributed by atoms with Gasteiger partial charge in [-0.3, -0.25) is 4.79 Å². The Hall–Kier alpha value is -1.42. The van der Waals surface area contributed by atoms with E-state index in [0.29, 0.717) is 0 Å². The van der Waals surface area contributed by atoms with Crippen molar-refractivity contribution in [1.82, 2.24) is 4.90 Å². The van der Waals surface area contributed by atoms with Crippen LogP contribution in [0.1, 0.15) is 31.9 Å². The maximum absolute atomic E-state index is 13.0. The van der Waals surface area contributed by atoms with Crippen molar-refractivity contribution in [3.05, 3.63) is 35.6 Å². The molecule has 18 heavy (non-hydrogen) atoms. The van der Waals surface area contributed by atoms with E-state index in [4.69, 9.17) is 5.11 Å². The molecule has 0 bridgehead atoms. The highest BCUT2D eigenvalue weighted by molar-refractivity contribution is 5.67. The van der Waals surface area contributed by atoms with E-state index in [1.54, 1.807) is 12.1 Å². The lowest BCUT2D eigenvalue weighted by atomic mass is 9.77. The molecule has 3 nitrogen and oxygen atoms in total. The van der Waals surface area contributed by atoms with Crippen LogP contribution < -0.4 is 0 Å². The van der Waals surface area contributed by atoms with Crippen LogP contribution >= 0.6 is 0 Å². The van der Waals surface area contributed by atoms with Gasteiger partial charge in [0.2, 0.25) is 0 Å². The topological polar surface area (TPSA) is 40.5 Å². The van der Waals surface area contributed by atoms with E-state index in [1.807, 2.05) is 32.8 Å². The third-order valence-electron chi connectivity index (χ3n) is 3.05. The van der Waals surface area contributed by atoms with Gasteiger partial charge in [0.1, 0.15) is 5.82 Å². The Morgan fingerprint density at radius 2 is 1.83 bits per heavy atom. The minimum absolute atomic E-state index is 0.0627. The first kappa shape index (κ1) is 14.6. The normalized spacial score (nSPS) is 13.7. The van der Waals surface area contributed by atoms with E-state index < -0.39 is 11.4 Å². The Labute approximate surface area is 107 Å². The van der Waals surface area contributed by atoms with Crippen LogP contribution in [0.15, 0.2) is 24.3 Å². The lowest BCUT2D eigenvalue weighted by Crippen LogP contribution is -2.35. The standard InChI is InChI=1S/C14H20FNO2/c1-14(2,9-12(17)18)13(16(3)4)10-5-7-11(15)8-6-10/h5-8,13H,9H2,1-4H3,(H,17,18). The monoisotopic (exact) mass is 253 g/mol. The third-order valence-corrected chi connectivity index (χ3v) is 3.05. The quantitative estimate of drug-likeness (QED) is 0.877. The van der Waals surface area contributed by atoms with Gasteiger partial charge in [-0.1, -0.05) is 26.0 Å². The number of carboxylic acids is 1. The summed E-state index contributed by atoms with van der Waals surface area (Å²) in [7, 11) is 3.80. The van der Waals surface area contributed by atoms with E-state index in [9.17, 15) is 9.18 Å². The molecule has 1 N–H and O–H groups in total. The van der Waals surface area contributed by atoms with Crippen LogP contribution in [0.4, 0.5) is 4.39 Å². The molecule has 1 unspecified atom stereocenters. The number of carboxylic acid groups (broad SMARTS) is 1. The van der Waals surface area contributed by atoms with Gasteiger partial charge in [0.15, 0.2) is 0 Å². The summed E-state index contributed by atoms with van der Waals surface area (Å²) in [6.45, 7) is 3.82. The number of benzene rings is 1. The molecule has 0 heterocycles. The molecule has 0 aliphatic heterocycles. The van der Waals surface area contributed by atoms with Crippen molar-refractivity contribution in [3.8, 4) is 0 Å². The molecule has 0 saturated heterocycles. The zero-order valence-corrected chi connectivity index (χ0v) is 11.3. The van der Waals surface area contributed by atoms with E-state index in [1.165, 1.54) is 12.1 Å². The Balaban J connectivity index is 3.09. The SMILES string of the molecule is CN(C)C(c1ccc(F)cc1)C(C)(C)CC(=O)O. The smallest absolute Gasteiger partial charge is 0.303 e. The van der Waals surface area contributed by atoms with Gasteiger partial charge in [-0.05, 0) is 37.2 Å². The van der Waals surface area contributed by atoms with Gasteiger partial charge in [-0.15, -0.1) is 0 Å². The summed E-state index contributed by atoms with van der Waals surface area (Å²) in [4.78, 5) is 12.9. The minimum Gasteiger partial charge on any atom is -0.481 e. The van der Waals surface area contributed by atoms with Crippen molar-refractivity contribution < 1.29 is 14.3 Å². The lowest BCUT2D eigenvalue weighted by Gasteiger charge is -2.38. The van der Waals surface area contributed by atoms with Crippen molar-refractivity contribution in [1.29, 1.82) is 0 Å². The number of rotatable bonds is 5. The summed E-state index contributed by atoms with van der Waals surface area (Å²) in [5, 5.41) is 8.99. The zero-order chi connectivity index (χ0) is 13.9. The first-order valence-corrected chi connectivity index (χ1v) is 5.88. The highest BCUT2D eigenvalue weighted by Crippen LogP contribution is 2.39. The van der Waals surface area contributed by atoms with Gasteiger partial charge in [-0.25, -0.2) is 4.39 Å². The van der Waals surface area contributed by atoms with Crippen molar-refractivity contribution in [2.75, 3.05) is 14.1 Å². The fraction of sp³-hybridized carbons (Fsp3) is 0.500. The van der Waals surface area contributed by atoms with Crippen LogP contribution in [0.5, 0.6) is 0 Å². The fourth-order valence-corrected chi connectivity index (χ4v) is 2.58. The van der Waals surface area contributed by atoms with Gasteiger partial charge >= 0.3 is 5.97 Å². The molecule has 0 aliphatic carbocycles. The summed E-state index contributed by atoms with van der Waals surface area (Å²) in [6, 6.07) is 6.16. The molecule has 0 aliphatic rings. The van der Waals surface area contributed by atoms with Gasteiger partial charge in [0.05, 0.1) is 6.42 Å². The molecule has 1 atom stereocenters. The molecule has 4 heteroatoms. The highest BCUT2D eigenvalue weighted by Gasteiger charge is 2.34. The van der Waals surface area contributed by atoms with Gasteiger partial charge in [0.25, 0.3) is 0 Å². The van der Waals surface area contributed by atoms with Crippen LogP contribution in [0.3, 0.4) is 0 Å². The van der Waals surface area contributed by atoms with Crippen LogP contribution in [-0.4, -0.2) is 30.1 Å². The zero-order valence-electron chi connectivity index (χ0n) is 11.3. The largest absolute Gasteiger partial charge is 0.481 e. The molecule has 0 saturated carbocycles. The predicted octanol–water partition coefficient (Wildman–Crippen LogP) is 2.93. The molecular formula is C14H20FNO2. The number of nitrogens with zero attached hydrogens (tertiary/aromatic N) is 1. The number of hydrogen-bond donors (Lipinski definition) is 1. The molecule has 1 rings (SSSR count). The molecule has 0 aromatic heterocycles. The average molecular weight is 253 g/mol. The molecule has 0 radical (unpaired) electrons. The van der Waals surface area contributed by atoms with Crippen molar-refractivity contribution in [3.63, 3.8) is 0 Å². The summed E-state index contributed by atoms with van der Waals surface area (Å²) < 4.78 is 13.0. The average Bonchev–Trinajstić information content (AvgIpc) is 2.18. The first-order chi connectivity index (χ1) is 8.24. The van der Waals surface area contributed by atoms with E-state index in [0.717, 1.165) is 5.56 Å². The van der Waals surface area contributed by atoms with Crippen LogP contribution in [0.25, 0.3) is 0 Å². The molecule has 0 amide bonds. The van der Waals surface area contributed by atoms with Crippen molar-refractivity contribution >= 4 is 5.97 Å². The van der Waals surface area contributed by atoms with Gasteiger partial charge < -0.3 is 10.0 Å². The number of halogens is 1. The number of carbonyl (C=O) groups is 1. The number of hydrogen-bond acceptors (Lipinski definition) is 2. The minimum atomic E-state index is -0.825. The Bertz CT molecular complexity index is 412. The summed E-state index contributed by atoms with van der Waals surface area (Å²) in [5.41, 5.74) is 0.486. The second kappa shape index (κ2) is 5.48. The predicted molar refractivity (Wildman–Crippen MR) is 68.9 cm³/mol. The summed E-state index contributed by atoms with van der Waals surface area (Å²) >= 11 is 0.